The molecule has 20 heavy (non-hydrogen) atoms. The van der Waals surface area contributed by atoms with Gasteiger partial charge in [-0.25, -0.2) is 8.42 Å². The molecule has 0 aromatic rings. The van der Waals surface area contributed by atoms with E-state index >= 15 is 0 Å². The SMILES string of the molecule is O=C([O-])CCCC(=O)N1CC[NH+](CCS(=O)(=O)[O-])CC1. The number of nitrogens with one attached hydrogen (secondary N) is 1. The third-order valence-electron chi connectivity index (χ3n) is 3.30. The van der Waals surface area contributed by atoms with Crippen LogP contribution in [0.4, 0.5) is 0 Å². The molecule has 8 nitrogen and oxygen atoms in total. The van der Waals surface area contributed by atoms with Gasteiger partial charge in [0.05, 0.1) is 38.5 Å². The lowest BCUT2D eigenvalue weighted by atomic mass is 10.2. The molecule has 0 saturated carbocycles. The van der Waals surface area contributed by atoms with E-state index in [4.69, 9.17) is 0 Å². The van der Waals surface area contributed by atoms with Crippen molar-refractivity contribution in [2.75, 3.05) is 38.5 Å². The van der Waals surface area contributed by atoms with Gasteiger partial charge in [-0.05, 0) is 12.8 Å². The fraction of sp³-hybridized carbons (Fsp3) is 0.818. The molecule has 1 heterocycles. The van der Waals surface area contributed by atoms with Gasteiger partial charge in [0.1, 0.15) is 10.1 Å². The smallest absolute Gasteiger partial charge is 0.222 e. The Morgan fingerprint density at radius 2 is 1.75 bits per heavy atom. The summed E-state index contributed by atoms with van der Waals surface area (Å²) in [6.07, 6.45) is 0.319. The maximum atomic E-state index is 11.8. The molecule has 1 saturated heterocycles. The average Bonchev–Trinajstić information content (AvgIpc) is 2.35. The van der Waals surface area contributed by atoms with Gasteiger partial charge >= 0.3 is 0 Å². The van der Waals surface area contributed by atoms with E-state index < -0.39 is 16.1 Å². The zero-order chi connectivity index (χ0) is 15.2. The Balaban J connectivity index is 2.24. The first-order valence-corrected chi connectivity index (χ1v) is 8.10. The van der Waals surface area contributed by atoms with E-state index in [1.807, 2.05) is 0 Å². The minimum atomic E-state index is -4.19. The molecule has 0 radical (unpaired) electrons. The molecule has 0 aromatic heterocycles. The van der Waals surface area contributed by atoms with Gasteiger partial charge in [-0.2, -0.15) is 0 Å². The molecule has 1 aliphatic rings. The standard InChI is InChI=1S/C11H20N2O6S/c14-10(2-1-3-11(15)16)13-6-4-12(5-7-13)8-9-20(17,18)19/h1-9H2,(H,15,16)(H,17,18,19)/p-1. The van der Waals surface area contributed by atoms with Crippen LogP contribution in [0.5, 0.6) is 0 Å². The van der Waals surface area contributed by atoms with E-state index in [2.05, 4.69) is 0 Å². The van der Waals surface area contributed by atoms with Crippen LogP contribution in [0.15, 0.2) is 0 Å². The van der Waals surface area contributed by atoms with Crippen molar-refractivity contribution < 1.29 is 32.6 Å². The second-order valence-electron chi connectivity index (χ2n) is 4.87. The highest BCUT2D eigenvalue weighted by Crippen LogP contribution is 2.01. The van der Waals surface area contributed by atoms with Crippen LogP contribution in [0.3, 0.4) is 0 Å². The Hall–Kier alpha value is -1.19. The van der Waals surface area contributed by atoms with Gasteiger partial charge < -0.3 is 24.3 Å². The highest BCUT2D eigenvalue weighted by Gasteiger charge is 2.23. The number of carboxylic acid groups (broad SMARTS) is 1. The summed E-state index contributed by atoms with van der Waals surface area (Å²) >= 11 is 0. The van der Waals surface area contributed by atoms with E-state index in [0.717, 1.165) is 4.90 Å². The summed E-state index contributed by atoms with van der Waals surface area (Å²) in [7, 11) is -4.19. The van der Waals surface area contributed by atoms with Crippen LogP contribution in [0.1, 0.15) is 19.3 Å². The number of carbonyl (C=O) groups is 2. The van der Waals surface area contributed by atoms with Crippen molar-refractivity contribution in [1.29, 1.82) is 0 Å². The van der Waals surface area contributed by atoms with E-state index in [-0.39, 0.29) is 37.5 Å². The third-order valence-corrected chi connectivity index (χ3v) is 4.00. The van der Waals surface area contributed by atoms with Gasteiger partial charge in [0.25, 0.3) is 0 Å². The second kappa shape index (κ2) is 7.55. The second-order valence-corrected chi connectivity index (χ2v) is 6.39. The number of quaternary nitrogens is 1. The summed E-state index contributed by atoms with van der Waals surface area (Å²) in [6, 6.07) is 0. The van der Waals surface area contributed by atoms with Crippen molar-refractivity contribution in [3.8, 4) is 0 Å². The lowest BCUT2D eigenvalue weighted by molar-refractivity contribution is -0.901. The van der Waals surface area contributed by atoms with Gasteiger partial charge in [-0.3, -0.25) is 4.79 Å². The Kier molecular flexibility index (Phi) is 6.37. The number of carboxylic acids is 1. The van der Waals surface area contributed by atoms with Crippen LogP contribution in [0, 0.1) is 0 Å². The predicted octanol–water partition coefficient (Wildman–Crippen LogP) is -3.82. The summed E-state index contributed by atoms with van der Waals surface area (Å²) < 4.78 is 31.6. The van der Waals surface area contributed by atoms with E-state index in [1.54, 1.807) is 4.90 Å². The first-order valence-electron chi connectivity index (χ1n) is 6.52. The fourth-order valence-corrected chi connectivity index (χ4v) is 2.67. The zero-order valence-corrected chi connectivity index (χ0v) is 12.0. The maximum Gasteiger partial charge on any atom is 0.222 e. The van der Waals surface area contributed by atoms with Crippen molar-refractivity contribution >= 4 is 22.0 Å². The largest absolute Gasteiger partial charge is 0.748 e. The third kappa shape index (κ3) is 6.83. The Morgan fingerprint density at radius 3 is 2.25 bits per heavy atom. The van der Waals surface area contributed by atoms with Crippen LogP contribution in [0.25, 0.3) is 0 Å². The molecule has 0 atom stereocenters. The van der Waals surface area contributed by atoms with Crippen molar-refractivity contribution in [1.82, 2.24) is 4.90 Å². The Bertz CT molecular complexity index is 442. The number of hydrogen-bond donors (Lipinski definition) is 1. The van der Waals surface area contributed by atoms with Gasteiger partial charge in [-0.15, -0.1) is 0 Å². The lowest BCUT2D eigenvalue weighted by Gasteiger charge is -2.32. The molecule has 1 aliphatic heterocycles. The molecule has 0 unspecified atom stereocenters. The molecule has 9 heteroatoms. The van der Waals surface area contributed by atoms with Crippen molar-refractivity contribution in [3.05, 3.63) is 0 Å². The molecule has 1 amide bonds. The first-order chi connectivity index (χ1) is 9.28. The van der Waals surface area contributed by atoms with E-state index in [9.17, 15) is 27.7 Å². The average molecular weight is 307 g/mol. The molecular formula is C11H19N2O6S-. The highest BCUT2D eigenvalue weighted by atomic mass is 32.2. The monoisotopic (exact) mass is 307 g/mol. The quantitative estimate of drug-likeness (QED) is 0.481. The predicted molar refractivity (Wildman–Crippen MR) is 65.6 cm³/mol. The zero-order valence-electron chi connectivity index (χ0n) is 11.2. The van der Waals surface area contributed by atoms with E-state index in [0.29, 0.717) is 26.2 Å². The van der Waals surface area contributed by atoms with Gasteiger partial charge in [0.15, 0.2) is 0 Å². The molecule has 0 spiro atoms. The maximum absolute atomic E-state index is 11.8. The number of nitrogens with zero attached hydrogens (tertiary/aromatic N) is 1. The van der Waals surface area contributed by atoms with Crippen molar-refractivity contribution in [3.63, 3.8) is 0 Å². The van der Waals surface area contributed by atoms with Crippen LogP contribution in [0.2, 0.25) is 0 Å². The number of carbonyl (C=O) groups excluding carboxylic acids is 2. The van der Waals surface area contributed by atoms with Gasteiger partial charge in [-0.1, -0.05) is 0 Å². The summed E-state index contributed by atoms with van der Waals surface area (Å²) in [6.45, 7) is 2.46. The summed E-state index contributed by atoms with van der Waals surface area (Å²) in [5.41, 5.74) is 0. The molecule has 1 N–H and O–H groups in total. The van der Waals surface area contributed by atoms with Crippen LogP contribution >= 0.6 is 0 Å². The molecular weight excluding hydrogens is 288 g/mol. The number of aliphatic carboxylic acids is 1. The van der Waals surface area contributed by atoms with Crippen LogP contribution in [-0.2, 0) is 19.7 Å². The summed E-state index contributed by atoms with van der Waals surface area (Å²) in [5.74, 6) is -1.64. The summed E-state index contributed by atoms with van der Waals surface area (Å²) in [4.78, 5) is 24.6. The number of amides is 1. The molecule has 1 rings (SSSR count). The topological polar surface area (TPSA) is 122 Å². The molecule has 0 aliphatic carbocycles. The first kappa shape index (κ1) is 16.9. The van der Waals surface area contributed by atoms with Gasteiger partial charge in [0.2, 0.25) is 5.91 Å². The highest BCUT2D eigenvalue weighted by molar-refractivity contribution is 7.85. The van der Waals surface area contributed by atoms with E-state index in [1.165, 1.54) is 0 Å². The fourth-order valence-electron chi connectivity index (χ4n) is 2.13. The number of rotatable bonds is 7. The Labute approximate surface area is 118 Å². The molecule has 0 aromatic carbocycles. The minimum Gasteiger partial charge on any atom is -0.748 e. The molecule has 116 valence electrons. The molecule has 0 bridgehead atoms. The number of hydrogen-bond acceptors (Lipinski definition) is 6. The lowest BCUT2D eigenvalue weighted by Crippen LogP contribution is -3.15. The Morgan fingerprint density at radius 1 is 1.15 bits per heavy atom. The summed E-state index contributed by atoms with van der Waals surface area (Å²) in [5, 5.41) is 10.2. The van der Waals surface area contributed by atoms with Crippen molar-refractivity contribution in [2.24, 2.45) is 0 Å². The van der Waals surface area contributed by atoms with Crippen LogP contribution in [-0.4, -0.2) is 68.2 Å². The van der Waals surface area contributed by atoms with Crippen LogP contribution < -0.4 is 10.0 Å². The van der Waals surface area contributed by atoms with Gasteiger partial charge in [0, 0.05) is 12.4 Å². The number of piperazine rings is 1. The normalized spacial score (nSPS) is 17.1. The minimum absolute atomic E-state index is 0.0956. The van der Waals surface area contributed by atoms with Crippen molar-refractivity contribution in [2.45, 2.75) is 19.3 Å². The molecule has 1 fully saturated rings.